The number of benzene rings is 1. The molecule has 0 bridgehead atoms. The van der Waals surface area contributed by atoms with E-state index in [1.807, 2.05) is 29.1 Å². The number of hydrogen-bond acceptors (Lipinski definition) is 2. The van der Waals surface area contributed by atoms with Crippen molar-refractivity contribution in [3.63, 3.8) is 0 Å². The molecule has 0 spiro atoms. The number of imidazole rings is 2. The minimum Gasteiger partial charge on any atom is -0.323 e. The van der Waals surface area contributed by atoms with Crippen LogP contribution in [-0.2, 0) is 7.05 Å². The first-order valence-corrected chi connectivity index (χ1v) is 5.46. The van der Waals surface area contributed by atoms with Gasteiger partial charge in [-0.15, -0.1) is 0 Å². The van der Waals surface area contributed by atoms with Crippen molar-refractivity contribution in [2.45, 2.75) is 13.0 Å². The van der Waals surface area contributed by atoms with Crippen LogP contribution in [0.25, 0.3) is 16.8 Å². The Morgan fingerprint density at radius 3 is 2.82 bits per heavy atom. The van der Waals surface area contributed by atoms with Gasteiger partial charge < -0.3 is 10.3 Å². The molecule has 0 aliphatic heterocycles. The first kappa shape index (κ1) is 10.3. The third kappa shape index (κ3) is 1.36. The molecule has 0 amide bonds. The number of hydrogen-bond donors (Lipinski definition) is 1. The number of aromatic nitrogens is 3. The lowest BCUT2D eigenvalue weighted by Crippen LogP contribution is -2.05. The Hall–Kier alpha value is -1.88. The van der Waals surface area contributed by atoms with E-state index in [1.54, 1.807) is 6.07 Å². The molecule has 0 saturated carbocycles. The van der Waals surface area contributed by atoms with E-state index in [0.29, 0.717) is 0 Å². The topological polar surface area (TPSA) is 48.2 Å². The molecule has 0 radical (unpaired) electrons. The zero-order valence-corrected chi connectivity index (χ0v) is 9.68. The molecule has 0 aliphatic carbocycles. The maximum atomic E-state index is 13.3. The van der Waals surface area contributed by atoms with Crippen LogP contribution >= 0.6 is 0 Å². The van der Waals surface area contributed by atoms with Gasteiger partial charge in [0.25, 0.3) is 0 Å². The highest BCUT2D eigenvalue weighted by molar-refractivity contribution is 5.80. The summed E-state index contributed by atoms with van der Waals surface area (Å²) in [6.07, 6.45) is 1.86. The fourth-order valence-electron chi connectivity index (χ4n) is 2.10. The van der Waals surface area contributed by atoms with Gasteiger partial charge in [-0.2, -0.15) is 0 Å². The Morgan fingerprint density at radius 1 is 1.35 bits per heavy atom. The van der Waals surface area contributed by atoms with E-state index in [2.05, 4.69) is 4.98 Å². The number of nitrogens with two attached hydrogens (primary N) is 1. The van der Waals surface area contributed by atoms with Crippen LogP contribution in [0.3, 0.4) is 0 Å². The molecule has 17 heavy (non-hydrogen) atoms. The van der Waals surface area contributed by atoms with Crippen molar-refractivity contribution in [2.75, 3.05) is 0 Å². The fraction of sp³-hybridized carbons (Fsp3) is 0.250. The van der Waals surface area contributed by atoms with Gasteiger partial charge in [-0.05, 0) is 19.1 Å². The van der Waals surface area contributed by atoms with E-state index in [0.717, 1.165) is 22.5 Å². The molecule has 5 heteroatoms. The first-order chi connectivity index (χ1) is 8.08. The Labute approximate surface area is 97.5 Å². The largest absolute Gasteiger partial charge is 0.323 e. The van der Waals surface area contributed by atoms with E-state index in [1.165, 1.54) is 12.1 Å². The highest BCUT2D eigenvalue weighted by atomic mass is 19.1. The monoisotopic (exact) mass is 232 g/mol. The summed E-state index contributed by atoms with van der Waals surface area (Å²) in [5.74, 6) is 0.527. The Morgan fingerprint density at radius 2 is 2.12 bits per heavy atom. The summed E-state index contributed by atoms with van der Waals surface area (Å²) in [6.45, 7) is 1.88. The molecule has 2 N–H and O–H groups in total. The Kier molecular flexibility index (Phi) is 2.00. The molecule has 88 valence electrons. The molecule has 4 nitrogen and oxygen atoms in total. The van der Waals surface area contributed by atoms with E-state index >= 15 is 0 Å². The lowest BCUT2D eigenvalue weighted by atomic mass is 10.3. The van der Waals surface area contributed by atoms with E-state index in [9.17, 15) is 4.39 Å². The second-order valence-corrected chi connectivity index (χ2v) is 4.32. The van der Waals surface area contributed by atoms with Gasteiger partial charge in [-0.25, -0.2) is 9.37 Å². The third-order valence-corrected chi connectivity index (χ3v) is 3.03. The van der Waals surface area contributed by atoms with Crippen molar-refractivity contribution < 1.29 is 4.39 Å². The maximum absolute atomic E-state index is 13.3. The zero-order valence-electron chi connectivity index (χ0n) is 9.68. The van der Waals surface area contributed by atoms with Crippen LogP contribution < -0.4 is 5.73 Å². The summed E-state index contributed by atoms with van der Waals surface area (Å²) in [7, 11) is 1.91. The minimum absolute atomic E-state index is 0.126. The van der Waals surface area contributed by atoms with E-state index < -0.39 is 0 Å². The van der Waals surface area contributed by atoms with Crippen molar-refractivity contribution in [2.24, 2.45) is 12.8 Å². The van der Waals surface area contributed by atoms with Gasteiger partial charge in [0.15, 0.2) is 0 Å². The van der Waals surface area contributed by atoms with Gasteiger partial charge in [-0.1, -0.05) is 0 Å². The predicted molar refractivity (Wildman–Crippen MR) is 64.2 cm³/mol. The molecule has 3 aromatic rings. The van der Waals surface area contributed by atoms with Gasteiger partial charge in [0.1, 0.15) is 5.82 Å². The Bertz CT molecular complexity index is 708. The van der Waals surface area contributed by atoms with Crippen molar-refractivity contribution in [3.8, 4) is 0 Å². The van der Waals surface area contributed by atoms with Crippen molar-refractivity contribution >= 4 is 16.8 Å². The summed E-state index contributed by atoms with van der Waals surface area (Å²) >= 11 is 0. The van der Waals surface area contributed by atoms with Crippen LogP contribution in [0.2, 0.25) is 0 Å². The average Bonchev–Trinajstić information content (AvgIpc) is 2.80. The average molecular weight is 232 g/mol. The minimum atomic E-state index is -0.249. The number of nitrogens with zero attached hydrogens (tertiary/aromatic N) is 3. The summed E-state index contributed by atoms with van der Waals surface area (Å²) in [5.41, 5.74) is 8.37. The molecule has 0 aliphatic rings. The number of aryl methyl sites for hydroxylation is 1. The lowest BCUT2D eigenvalue weighted by Gasteiger charge is -1.98. The molecule has 1 aromatic carbocycles. The standard InChI is InChI=1S/C12H13FN4/c1-7(14)9-6-17-11-5-8(13)3-4-10(11)16(2)12(17)15-9/h3-7H,14H2,1-2H3. The van der Waals surface area contributed by atoms with E-state index in [4.69, 9.17) is 5.73 Å². The number of rotatable bonds is 1. The predicted octanol–water partition coefficient (Wildman–Crippen LogP) is 1.98. The molecule has 1 atom stereocenters. The number of fused-ring (bicyclic) bond motifs is 3. The third-order valence-electron chi connectivity index (χ3n) is 3.03. The van der Waals surface area contributed by atoms with Crippen molar-refractivity contribution in [3.05, 3.63) is 35.9 Å². The lowest BCUT2D eigenvalue weighted by molar-refractivity contribution is 0.629. The highest BCUT2D eigenvalue weighted by Crippen LogP contribution is 2.22. The summed E-state index contributed by atoms with van der Waals surface area (Å²) in [6, 6.07) is 4.59. The van der Waals surface area contributed by atoms with Crippen molar-refractivity contribution in [1.82, 2.24) is 14.0 Å². The molecule has 3 rings (SSSR count). The summed E-state index contributed by atoms with van der Waals surface area (Å²) in [5, 5.41) is 0. The van der Waals surface area contributed by atoms with Gasteiger partial charge in [0.2, 0.25) is 5.78 Å². The summed E-state index contributed by atoms with van der Waals surface area (Å²) in [4.78, 5) is 4.46. The second-order valence-electron chi connectivity index (χ2n) is 4.32. The van der Waals surface area contributed by atoms with Crippen LogP contribution in [0.5, 0.6) is 0 Å². The van der Waals surface area contributed by atoms with Crippen molar-refractivity contribution in [1.29, 1.82) is 0 Å². The Balaban J connectivity index is 2.44. The molecule has 1 unspecified atom stereocenters. The van der Waals surface area contributed by atoms with Crippen LogP contribution in [0.15, 0.2) is 24.4 Å². The molecular weight excluding hydrogens is 219 g/mol. The molecular formula is C12H13FN4. The fourth-order valence-corrected chi connectivity index (χ4v) is 2.10. The van der Waals surface area contributed by atoms with Crippen LogP contribution in [0.4, 0.5) is 4.39 Å². The second kappa shape index (κ2) is 3.30. The van der Waals surface area contributed by atoms with Crippen LogP contribution in [-0.4, -0.2) is 14.0 Å². The zero-order chi connectivity index (χ0) is 12.2. The van der Waals surface area contributed by atoms with Crippen LogP contribution in [0, 0.1) is 5.82 Å². The molecule has 2 heterocycles. The van der Waals surface area contributed by atoms with Gasteiger partial charge >= 0.3 is 0 Å². The molecule has 2 aromatic heterocycles. The summed E-state index contributed by atoms with van der Waals surface area (Å²) < 4.78 is 17.1. The smallest absolute Gasteiger partial charge is 0.214 e. The quantitative estimate of drug-likeness (QED) is 0.697. The number of halogens is 1. The van der Waals surface area contributed by atoms with Gasteiger partial charge in [-0.3, -0.25) is 4.40 Å². The molecule has 0 saturated heterocycles. The van der Waals surface area contributed by atoms with Gasteiger partial charge in [0.05, 0.1) is 16.7 Å². The van der Waals surface area contributed by atoms with E-state index in [-0.39, 0.29) is 11.9 Å². The maximum Gasteiger partial charge on any atom is 0.214 e. The first-order valence-electron chi connectivity index (χ1n) is 5.46. The highest BCUT2D eigenvalue weighted by Gasteiger charge is 2.13. The van der Waals surface area contributed by atoms with Gasteiger partial charge in [0, 0.05) is 25.4 Å². The normalized spacial score (nSPS) is 13.6. The molecule has 0 fully saturated rings. The SMILES string of the molecule is CC(N)c1cn2c3cc(F)ccc3n(C)c2n1. The van der Waals surface area contributed by atoms with Crippen LogP contribution in [0.1, 0.15) is 18.7 Å².